The number of aromatic nitrogens is 2. The molecule has 112 valence electrons. The van der Waals surface area contributed by atoms with E-state index in [-0.39, 0.29) is 18.2 Å². The summed E-state index contributed by atoms with van der Waals surface area (Å²) >= 11 is 0. The molecule has 5 nitrogen and oxygen atoms in total. The molecule has 1 heterocycles. The molecule has 2 aromatic rings. The maximum Gasteiger partial charge on any atom is 0.224 e. The van der Waals surface area contributed by atoms with E-state index in [1.54, 1.807) is 7.05 Å². The average Bonchev–Trinajstić information content (AvgIpc) is 2.43. The third-order valence-corrected chi connectivity index (χ3v) is 2.50. The predicted octanol–water partition coefficient (Wildman–Crippen LogP) is 3.13. The van der Waals surface area contributed by atoms with E-state index in [0.717, 1.165) is 18.2 Å². The van der Waals surface area contributed by atoms with Crippen molar-refractivity contribution < 1.29 is 18.3 Å². The van der Waals surface area contributed by atoms with Crippen LogP contribution in [0.3, 0.4) is 0 Å². The lowest BCUT2D eigenvalue weighted by Gasteiger charge is -2.09. The zero-order chi connectivity index (χ0) is 15.2. The van der Waals surface area contributed by atoms with E-state index in [1.807, 2.05) is 6.92 Å². The van der Waals surface area contributed by atoms with Crippen LogP contribution in [-0.4, -0.2) is 23.6 Å². The van der Waals surface area contributed by atoms with E-state index >= 15 is 0 Å². The van der Waals surface area contributed by atoms with Crippen LogP contribution in [-0.2, 0) is 11.3 Å². The van der Waals surface area contributed by atoms with Gasteiger partial charge in [-0.2, -0.15) is 4.98 Å². The molecule has 7 heteroatoms. The van der Waals surface area contributed by atoms with Gasteiger partial charge in [0.1, 0.15) is 29.8 Å². The summed E-state index contributed by atoms with van der Waals surface area (Å²) in [6, 6.07) is 4.45. The largest absolute Gasteiger partial charge is 0.439 e. The van der Waals surface area contributed by atoms with Crippen LogP contribution in [0.15, 0.2) is 24.3 Å². The minimum absolute atomic E-state index is 0.0237. The van der Waals surface area contributed by atoms with Gasteiger partial charge in [-0.05, 0) is 6.92 Å². The average molecular weight is 295 g/mol. The van der Waals surface area contributed by atoms with Crippen LogP contribution in [0.5, 0.6) is 11.6 Å². The van der Waals surface area contributed by atoms with Crippen molar-refractivity contribution in [2.75, 3.05) is 19.0 Å². The highest BCUT2D eigenvalue weighted by atomic mass is 19.1. The maximum absolute atomic E-state index is 13.1. The highest BCUT2D eigenvalue weighted by Crippen LogP contribution is 2.23. The van der Waals surface area contributed by atoms with Gasteiger partial charge in [0, 0.05) is 37.9 Å². The fraction of sp³-hybridized carbons (Fsp3) is 0.286. The smallest absolute Gasteiger partial charge is 0.224 e. The fourth-order valence-corrected chi connectivity index (χ4v) is 1.62. The van der Waals surface area contributed by atoms with Crippen LogP contribution < -0.4 is 10.1 Å². The number of nitrogens with one attached hydrogen (secondary N) is 1. The van der Waals surface area contributed by atoms with Crippen molar-refractivity contribution in [3.8, 4) is 11.6 Å². The molecule has 0 aliphatic heterocycles. The van der Waals surface area contributed by atoms with Gasteiger partial charge in [0.05, 0.1) is 0 Å². The summed E-state index contributed by atoms with van der Waals surface area (Å²) in [5.41, 5.74) is 0. The van der Waals surface area contributed by atoms with Crippen molar-refractivity contribution in [2.45, 2.75) is 13.5 Å². The molecule has 21 heavy (non-hydrogen) atoms. The third kappa shape index (κ3) is 4.35. The number of anilines is 1. The number of nitrogens with zero attached hydrogens (tertiary/aromatic N) is 2. The van der Waals surface area contributed by atoms with Crippen LogP contribution in [0, 0.1) is 11.6 Å². The van der Waals surface area contributed by atoms with Gasteiger partial charge < -0.3 is 14.8 Å². The Hall–Kier alpha value is -2.28. The number of benzene rings is 1. The Balaban J connectivity index is 2.25. The molecule has 0 saturated carbocycles. The number of hydrogen-bond acceptors (Lipinski definition) is 5. The van der Waals surface area contributed by atoms with Gasteiger partial charge in [-0.15, -0.1) is 0 Å². The lowest BCUT2D eigenvalue weighted by molar-refractivity contribution is 0.128. The first-order valence-corrected chi connectivity index (χ1v) is 6.38. The Bertz CT molecular complexity index is 603. The maximum atomic E-state index is 13.1. The topological polar surface area (TPSA) is 56.3 Å². The van der Waals surface area contributed by atoms with E-state index in [9.17, 15) is 8.78 Å². The monoisotopic (exact) mass is 295 g/mol. The molecule has 0 aliphatic rings. The van der Waals surface area contributed by atoms with Gasteiger partial charge in [-0.1, -0.05) is 0 Å². The quantitative estimate of drug-likeness (QED) is 0.887. The molecule has 0 aliphatic carbocycles. The van der Waals surface area contributed by atoms with Gasteiger partial charge in [-0.3, -0.25) is 0 Å². The van der Waals surface area contributed by atoms with Crippen molar-refractivity contribution in [3.63, 3.8) is 0 Å². The summed E-state index contributed by atoms with van der Waals surface area (Å²) in [7, 11) is 1.69. The van der Waals surface area contributed by atoms with E-state index in [2.05, 4.69) is 15.3 Å². The second-order valence-electron chi connectivity index (χ2n) is 4.10. The molecule has 0 spiro atoms. The molecular formula is C14H15F2N3O2. The summed E-state index contributed by atoms with van der Waals surface area (Å²) in [5.74, 6) is -0.309. The Kier molecular flexibility index (Phi) is 4.99. The van der Waals surface area contributed by atoms with Crippen molar-refractivity contribution in [3.05, 3.63) is 41.7 Å². The van der Waals surface area contributed by atoms with Crippen LogP contribution in [0.1, 0.15) is 12.7 Å². The molecule has 0 amide bonds. The second kappa shape index (κ2) is 6.94. The van der Waals surface area contributed by atoms with Gasteiger partial charge in [-0.25, -0.2) is 13.8 Å². The summed E-state index contributed by atoms with van der Waals surface area (Å²) in [5, 5.41) is 2.86. The number of ether oxygens (including phenoxy) is 2. The normalized spacial score (nSPS) is 10.5. The highest BCUT2D eigenvalue weighted by Gasteiger charge is 2.08. The lowest BCUT2D eigenvalue weighted by Crippen LogP contribution is -2.04. The molecule has 0 bridgehead atoms. The van der Waals surface area contributed by atoms with Crippen molar-refractivity contribution in [2.24, 2.45) is 0 Å². The zero-order valence-corrected chi connectivity index (χ0v) is 11.7. The van der Waals surface area contributed by atoms with Gasteiger partial charge in [0.25, 0.3) is 0 Å². The molecule has 0 saturated heterocycles. The van der Waals surface area contributed by atoms with Crippen molar-refractivity contribution >= 4 is 5.82 Å². The van der Waals surface area contributed by atoms with E-state index in [0.29, 0.717) is 18.2 Å². The van der Waals surface area contributed by atoms with Crippen LogP contribution >= 0.6 is 0 Å². The number of hydrogen-bond donors (Lipinski definition) is 1. The molecule has 0 unspecified atom stereocenters. The van der Waals surface area contributed by atoms with Crippen LogP contribution in [0.25, 0.3) is 0 Å². The molecule has 1 N–H and O–H groups in total. The molecular weight excluding hydrogens is 280 g/mol. The lowest BCUT2D eigenvalue weighted by atomic mass is 10.3. The van der Waals surface area contributed by atoms with Gasteiger partial charge in [0.2, 0.25) is 5.88 Å². The molecule has 2 rings (SSSR count). The van der Waals surface area contributed by atoms with E-state index in [4.69, 9.17) is 9.47 Å². The minimum atomic E-state index is -0.720. The van der Waals surface area contributed by atoms with E-state index < -0.39 is 11.6 Å². The van der Waals surface area contributed by atoms with Crippen LogP contribution in [0.2, 0.25) is 0 Å². The third-order valence-electron chi connectivity index (χ3n) is 2.50. The van der Waals surface area contributed by atoms with Gasteiger partial charge in [0.15, 0.2) is 5.82 Å². The summed E-state index contributed by atoms with van der Waals surface area (Å²) in [4.78, 5) is 8.32. The van der Waals surface area contributed by atoms with Crippen molar-refractivity contribution in [1.82, 2.24) is 9.97 Å². The minimum Gasteiger partial charge on any atom is -0.439 e. The molecule has 1 aromatic heterocycles. The zero-order valence-electron chi connectivity index (χ0n) is 11.7. The SMILES string of the molecule is CCOCc1nc(NC)cc(Oc2cc(F)cc(F)c2)n1. The molecule has 0 radical (unpaired) electrons. The molecule has 0 atom stereocenters. The number of halogens is 2. The summed E-state index contributed by atoms with van der Waals surface area (Å²) < 4.78 is 36.9. The Morgan fingerprint density at radius 2 is 1.81 bits per heavy atom. The molecule has 0 fully saturated rings. The first-order valence-electron chi connectivity index (χ1n) is 6.38. The first kappa shape index (κ1) is 15.1. The van der Waals surface area contributed by atoms with Crippen LogP contribution in [0.4, 0.5) is 14.6 Å². The number of rotatable bonds is 6. The first-order chi connectivity index (χ1) is 10.1. The second-order valence-corrected chi connectivity index (χ2v) is 4.10. The molecule has 1 aromatic carbocycles. The van der Waals surface area contributed by atoms with Gasteiger partial charge >= 0.3 is 0 Å². The standard InChI is InChI=1S/C14H15F2N3O2/c1-3-20-8-13-18-12(17-2)7-14(19-13)21-11-5-9(15)4-10(16)6-11/h4-7H,3,8H2,1-2H3,(H,17,18,19). The Morgan fingerprint density at radius 3 is 2.43 bits per heavy atom. The predicted molar refractivity (Wildman–Crippen MR) is 73.3 cm³/mol. The van der Waals surface area contributed by atoms with Crippen molar-refractivity contribution in [1.29, 1.82) is 0 Å². The summed E-state index contributed by atoms with van der Waals surface area (Å²) in [6.07, 6.45) is 0. The Morgan fingerprint density at radius 1 is 1.10 bits per heavy atom. The Labute approximate surface area is 120 Å². The van der Waals surface area contributed by atoms with E-state index in [1.165, 1.54) is 6.07 Å². The fourth-order valence-electron chi connectivity index (χ4n) is 1.62. The summed E-state index contributed by atoms with van der Waals surface area (Å²) in [6.45, 7) is 2.60. The highest BCUT2D eigenvalue weighted by molar-refractivity contribution is 5.39.